The van der Waals surface area contributed by atoms with Gasteiger partial charge in [-0.1, -0.05) is 11.8 Å². The molecule has 0 aromatic carbocycles. The molecule has 0 unspecified atom stereocenters. The Morgan fingerprint density at radius 1 is 1.48 bits per heavy atom. The van der Waals surface area contributed by atoms with E-state index in [1.165, 1.54) is 30.2 Å². The van der Waals surface area contributed by atoms with Gasteiger partial charge in [0.2, 0.25) is 5.91 Å². The first kappa shape index (κ1) is 15.5. The summed E-state index contributed by atoms with van der Waals surface area (Å²) in [4.78, 5) is 23.4. The SMILES string of the molecule is COC(=O)c1ccsc1NC(=O)CSc1nnc(C)n1C. The number of aromatic nitrogens is 3. The van der Waals surface area contributed by atoms with Crippen LogP contribution in [0.3, 0.4) is 0 Å². The van der Waals surface area contributed by atoms with Crippen LogP contribution in [0.25, 0.3) is 0 Å². The summed E-state index contributed by atoms with van der Waals surface area (Å²) in [5.74, 6) is 0.283. The Morgan fingerprint density at radius 2 is 2.24 bits per heavy atom. The van der Waals surface area contributed by atoms with E-state index in [9.17, 15) is 9.59 Å². The molecule has 2 heterocycles. The lowest BCUT2D eigenvalue weighted by molar-refractivity contribution is -0.113. The summed E-state index contributed by atoms with van der Waals surface area (Å²) in [6.45, 7) is 1.84. The van der Waals surface area contributed by atoms with Gasteiger partial charge >= 0.3 is 5.97 Å². The molecule has 1 amide bonds. The van der Waals surface area contributed by atoms with Crippen molar-refractivity contribution in [3.63, 3.8) is 0 Å². The van der Waals surface area contributed by atoms with Crippen molar-refractivity contribution in [3.8, 4) is 0 Å². The molecule has 2 aromatic heterocycles. The fraction of sp³-hybridized carbons (Fsp3) is 0.333. The van der Waals surface area contributed by atoms with E-state index < -0.39 is 5.97 Å². The van der Waals surface area contributed by atoms with Gasteiger partial charge in [0.15, 0.2) is 5.16 Å². The van der Waals surface area contributed by atoms with Crippen molar-refractivity contribution in [2.24, 2.45) is 7.05 Å². The molecule has 112 valence electrons. The Balaban J connectivity index is 1.95. The molecule has 0 bridgehead atoms. The monoisotopic (exact) mass is 326 g/mol. The maximum Gasteiger partial charge on any atom is 0.340 e. The van der Waals surface area contributed by atoms with Crippen molar-refractivity contribution in [1.29, 1.82) is 0 Å². The predicted molar refractivity (Wildman–Crippen MR) is 80.8 cm³/mol. The fourth-order valence-corrected chi connectivity index (χ4v) is 3.03. The van der Waals surface area contributed by atoms with Crippen LogP contribution in [0, 0.1) is 6.92 Å². The highest BCUT2D eigenvalue weighted by atomic mass is 32.2. The van der Waals surface area contributed by atoms with Gasteiger partial charge in [0, 0.05) is 7.05 Å². The molecule has 9 heteroatoms. The number of aryl methyl sites for hydroxylation is 1. The number of hydrogen-bond donors (Lipinski definition) is 1. The number of methoxy groups -OCH3 is 1. The zero-order valence-corrected chi connectivity index (χ0v) is 13.4. The van der Waals surface area contributed by atoms with Crippen molar-refractivity contribution in [3.05, 3.63) is 22.8 Å². The van der Waals surface area contributed by atoms with Crippen LogP contribution in [0.4, 0.5) is 5.00 Å². The third-order valence-corrected chi connectivity index (χ3v) is 4.56. The van der Waals surface area contributed by atoms with Crippen LogP contribution in [0.5, 0.6) is 0 Å². The molecule has 2 aromatic rings. The number of nitrogens with zero attached hydrogens (tertiary/aromatic N) is 3. The highest BCUT2D eigenvalue weighted by Crippen LogP contribution is 2.24. The average molecular weight is 326 g/mol. The predicted octanol–water partition coefficient (Wildman–Crippen LogP) is 1.70. The van der Waals surface area contributed by atoms with Crippen LogP contribution in [0.1, 0.15) is 16.2 Å². The van der Waals surface area contributed by atoms with E-state index in [2.05, 4.69) is 20.3 Å². The van der Waals surface area contributed by atoms with Gasteiger partial charge in [0.05, 0.1) is 18.4 Å². The first-order chi connectivity index (χ1) is 10.0. The Bertz CT molecular complexity index is 665. The Kier molecular flexibility index (Phi) is 4.97. The summed E-state index contributed by atoms with van der Waals surface area (Å²) in [6, 6.07) is 1.62. The molecular weight excluding hydrogens is 312 g/mol. The number of carbonyl (C=O) groups is 2. The second-order valence-electron chi connectivity index (χ2n) is 4.08. The molecule has 0 aliphatic rings. The molecule has 0 fully saturated rings. The van der Waals surface area contributed by atoms with Gasteiger partial charge in [-0.05, 0) is 18.4 Å². The van der Waals surface area contributed by atoms with Gasteiger partial charge < -0.3 is 14.6 Å². The van der Waals surface area contributed by atoms with Gasteiger partial charge in [-0.15, -0.1) is 21.5 Å². The largest absolute Gasteiger partial charge is 0.465 e. The maximum absolute atomic E-state index is 11.9. The lowest BCUT2D eigenvalue weighted by Crippen LogP contribution is -2.16. The number of ether oxygens (including phenoxy) is 1. The number of nitrogens with one attached hydrogen (secondary N) is 1. The third kappa shape index (κ3) is 3.61. The molecule has 0 atom stereocenters. The first-order valence-electron chi connectivity index (χ1n) is 5.97. The zero-order chi connectivity index (χ0) is 15.4. The average Bonchev–Trinajstić information content (AvgIpc) is 3.05. The number of rotatable bonds is 5. The van der Waals surface area contributed by atoms with Crippen LogP contribution < -0.4 is 5.32 Å². The van der Waals surface area contributed by atoms with Crippen molar-refractivity contribution >= 4 is 40.0 Å². The molecular formula is C12H14N4O3S2. The molecule has 0 saturated carbocycles. The van der Waals surface area contributed by atoms with Crippen LogP contribution in [0.2, 0.25) is 0 Å². The van der Waals surface area contributed by atoms with Gasteiger partial charge in [0.25, 0.3) is 0 Å². The summed E-state index contributed by atoms with van der Waals surface area (Å²) in [7, 11) is 3.14. The number of hydrogen-bond acceptors (Lipinski definition) is 7. The van der Waals surface area contributed by atoms with E-state index >= 15 is 0 Å². The summed E-state index contributed by atoms with van der Waals surface area (Å²) >= 11 is 2.56. The van der Waals surface area contributed by atoms with Crippen LogP contribution in [0.15, 0.2) is 16.6 Å². The van der Waals surface area contributed by atoms with Gasteiger partial charge in [-0.25, -0.2) is 4.79 Å². The highest BCUT2D eigenvalue weighted by Gasteiger charge is 2.16. The Morgan fingerprint density at radius 3 is 2.86 bits per heavy atom. The molecule has 1 N–H and O–H groups in total. The Hall–Kier alpha value is -1.87. The maximum atomic E-state index is 11.9. The van der Waals surface area contributed by atoms with E-state index in [4.69, 9.17) is 0 Å². The normalized spacial score (nSPS) is 10.4. The number of thioether (sulfide) groups is 1. The summed E-state index contributed by atoms with van der Waals surface area (Å²) in [5.41, 5.74) is 0.357. The van der Waals surface area contributed by atoms with E-state index in [1.54, 1.807) is 11.4 Å². The minimum Gasteiger partial charge on any atom is -0.465 e. The van der Waals surface area contributed by atoms with Gasteiger partial charge in [0.1, 0.15) is 10.8 Å². The third-order valence-electron chi connectivity index (χ3n) is 2.71. The molecule has 7 nitrogen and oxygen atoms in total. The number of carbonyl (C=O) groups excluding carboxylic acids is 2. The first-order valence-corrected chi connectivity index (χ1v) is 7.84. The van der Waals surface area contributed by atoms with Gasteiger partial charge in [-0.3, -0.25) is 4.79 Å². The molecule has 0 saturated heterocycles. The zero-order valence-electron chi connectivity index (χ0n) is 11.7. The van der Waals surface area contributed by atoms with Crippen molar-refractivity contribution < 1.29 is 14.3 Å². The van der Waals surface area contributed by atoms with Gasteiger partial charge in [-0.2, -0.15) is 0 Å². The molecule has 2 rings (SSSR count). The molecule has 0 spiro atoms. The Labute approximate surface area is 129 Å². The van der Waals surface area contributed by atoms with E-state index in [0.717, 1.165) is 5.82 Å². The smallest absolute Gasteiger partial charge is 0.340 e. The summed E-state index contributed by atoms with van der Waals surface area (Å²) in [6.07, 6.45) is 0. The van der Waals surface area contributed by atoms with Crippen LogP contribution in [-0.4, -0.2) is 39.5 Å². The second-order valence-corrected chi connectivity index (χ2v) is 5.94. The van der Waals surface area contributed by atoms with Crippen LogP contribution in [-0.2, 0) is 16.6 Å². The number of thiophene rings is 1. The summed E-state index contributed by atoms with van der Waals surface area (Å²) < 4.78 is 6.46. The van der Waals surface area contributed by atoms with Crippen molar-refractivity contribution in [2.45, 2.75) is 12.1 Å². The minimum absolute atomic E-state index is 0.185. The van der Waals surface area contributed by atoms with Crippen molar-refractivity contribution in [2.75, 3.05) is 18.2 Å². The van der Waals surface area contributed by atoms with E-state index in [-0.39, 0.29) is 11.7 Å². The molecule has 0 aliphatic heterocycles. The van der Waals surface area contributed by atoms with Crippen LogP contribution >= 0.6 is 23.1 Å². The lowest BCUT2D eigenvalue weighted by atomic mass is 10.3. The van der Waals surface area contributed by atoms with E-state index in [0.29, 0.717) is 15.7 Å². The minimum atomic E-state index is -0.469. The lowest BCUT2D eigenvalue weighted by Gasteiger charge is -2.05. The fourth-order valence-electron chi connectivity index (χ4n) is 1.48. The van der Waals surface area contributed by atoms with Crippen molar-refractivity contribution in [1.82, 2.24) is 14.8 Å². The number of anilines is 1. The highest BCUT2D eigenvalue weighted by molar-refractivity contribution is 7.99. The van der Waals surface area contributed by atoms with E-state index in [1.807, 2.05) is 18.5 Å². The topological polar surface area (TPSA) is 86.1 Å². The molecule has 21 heavy (non-hydrogen) atoms. The number of esters is 1. The second kappa shape index (κ2) is 6.72. The molecule has 0 aliphatic carbocycles. The molecule has 0 radical (unpaired) electrons. The number of amides is 1. The summed E-state index contributed by atoms with van der Waals surface area (Å²) in [5, 5.41) is 13.5. The quantitative estimate of drug-likeness (QED) is 0.665. The standard InChI is InChI=1S/C12H14N4O3S2/c1-7-14-15-12(16(7)2)21-6-9(17)13-10-8(4-5-20-10)11(18)19-3/h4-5H,6H2,1-3H3,(H,13,17).